The number of hydrogen-bond donors (Lipinski definition) is 4. The quantitative estimate of drug-likeness (QED) is 0.502. The molecule has 1 aromatic carbocycles. The monoisotopic (exact) mass is 387 g/mol. The van der Waals surface area contributed by atoms with E-state index in [0.29, 0.717) is 12.8 Å². The summed E-state index contributed by atoms with van der Waals surface area (Å²) in [6.07, 6.45) is 3.36. The van der Waals surface area contributed by atoms with E-state index in [1.54, 1.807) is 13.8 Å². The fourth-order valence-corrected chi connectivity index (χ4v) is 3.08. The molecular weight excluding hydrogens is 358 g/mol. The van der Waals surface area contributed by atoms with E-state index in [0.717, 1.165) is 22.9 Å². The first-order valence-corrected chi connectivity index (χ1v) is 9.69. The van der Waals surface area contributed by atoms with Gasteiger partial charge in [-0.15, -0.1) is 0 Å². The second-order valence-corrected chi connectivity index (χ2v) is 7.35. The predicted octanol–water partition coefficient (Wildman–Crippen LogP) is 2.47. The maximum atomic E-state index is 12.8. The Hall–Kier alpha value is -2.83. The van der Waals surface area contributed by atoms with Gasteiger partial charge >= 0.3 is 5.97 Å². The molecule has 1 aromatic heterocycles. The highest BCUT2D eigenvalue weighted by atomic mass is 16.4. The minimum atomic E-state index is -0.929. The molecule has 7 heteroatoms. The van der Waals surface area contributed by atoms with Crippen LogP contribution in [-0.2, 0) is 20.8 Å². The number of carboxylic acids is 1. The number of H-pyrrole nitrogens is 1. The zero-order valence-electron chi connectivity index (χ0n) is 16.6. The van der Waals surface area contributed by atoms with E-state index in [9.17, 15) is 19.5 Å². The third-order valence-corrected chi connectivity index (χ3v) is 4.77. The highest BCUT2D eigenvalue weighted by molar-refractivity contribution is 5.90. The molecule has 0 aliphatic rings. The molecule has 0 fully saturated rings. The number of carbonyl (C=O) groups excluding carboxylic acids is 2. The number of benzene rings is 1. The van der Waals surface area contributed by atoms with E-state index in [1.165, 1.54) is 0 Å². The van der Waals surface area contributed by atoms with Gasteiger partial charge in [0.05, 0.1) is 5.92 Å². The van der Waals surface area contributed by atoms with Gasteiger partial charge in [-0.05, 0) is 18.1 Å². The first-order valence-electron chi connectivity index (χ1n) is 9.69. The van der Waals surface area contributed by atoms with Crippen molar-refractivity contribution < 1.29 is 19.5 Å². The lowest BCUT2D eigenvalue weighted by atomic mass is 10.0. The van der Waals surface area contributed by atoms with Gasteiger partial charge in [0.15, 0.2) is 0 Å². The van der Waals surface area contributed by atoms with Crippen LogP contribution in [0.2, 0.25) is 0 Å². The molecule has 0 saturated heterocycles. The number of aromatic nitrogens is 1. The number of carbonyl (C=O) groups is 3. The summed E-state index contributed by atoms with van der Waals surface area (Å²) < 4.78 is 0. The molecule has 0 bridgehead atoms. The van der Waals surface area contributed by atoms with Crippen LogP contribution in [0.25, 0.3) is 10.9 Å². The molecule has 0 spiro atoms. The molecule has 0 aliphatic carbocycles. The number of aliphatic carboxylic acids is 1. The molecule has 0 radical (unpaired) electrons. The Kier molecular flexibility index (Phi) is 7.61. The van der Waals surface area contributed by atoms with Crippen molar-refractivity contribution in [2.75, 3.05) is 6.54 Å². The van der Waals surface area contributed by atoms with Gasteiger partial charge in [0.25, 0.3) is 0 Å². The zero-order valence-corrected chi connectivity index (χ0v) is 16.6. The zero-order chi connectivity index (χ0) is 20.7. The summed E-state index contributed by atoms with van der Waals surface area (Å²) in [5, 5.41) is 15.8. The molecule has 2 rings (SSSR count). The second kappa shape index (κ2) is 9.92. The lowest BCUT2D eigenvalue weighted by molar-refractivity contribution is -0.142. The van der Waals surface area contributed by atoms with E-state index < -0.39 is 17.9 Å². The average Bonchev–Trinajstić information content (AvgIpc) is 3.07. The normalized spacial score (nSPS) is 13.3. The van der Waals surface area contributed by atoms with Gasteiger partial charge in [0, 0.05) is 36.0 Å². The number of carboxylic acid groups (broad SMARTS) is 1. The molecule has 28 heavy (non-hydrogen) atoms. The molecule has 152 valence electrons. The molecule has 4 N–H and O–H groups in total. The molecule has 2 aromatic rings. The maximum absolute atomic E-state index is 12.8. The van der Waals surface area contributed by atoms with Gasteiger partial charge in [-0.1, -0.05) is 45.4 Å². The number of amides is 2. The van der Waals surface area contributed by atoms with Crippen LogP contribution >= 0.6 is 0 Å². The van der Waals surface area contributed by atoms with Crippen LogP contribution in [0.3, 0.4) is 0 Å². The van der Waals surface area contributed by atoms with Crippen LogP contribution in [0, 0.1) is 11.8 Å². The number of aromatic amines is 1. The van der Waals surface area contributed by atoms with E-state index in [2.05, 4.69) is 15.6 Å². The third-order valence-electron chi connectivity index (χ3n) is 4.77. The molecule has 1 heterocycles. The largest absolute Gasteiger partial charge is 0.481 e. The van der Waals surface area contributed by atoms with E-state index in [-0.39, 0.29) is 24.3 Å². The van der Waals surface area contributed by atoms with Crippen molar-refractivity contribution in [2.45, 2.75) is 46.1 Å². The van der Waals surface area contributed by atoms with E-state index in [4.69, 9.17) is 0 Å². The Morgan fingerprint density at radius 3 is 2.50 bits per heavy atom. The van der Waals surface area contributed by atoms with Crippen molar-refractivity contribution in [3.05, 3.63) is 36.0 Å². The summed E-state index contributed by atoms with van der Waals surface area (Å²) in [7, 11) is 0. The van der Waals surface area contributed by atoms with Crippen LogP contribution in [0.15, 0.2) is 30.5 Å². The molecule has 7 nitrogen and oxygen atoms in total. The highest BCUT2D eigenvalue weighted by Gasteiger charge is 2.25. The first kappa shape index (κ1) is 21.5. The van der Waals surface area contributed by atoms with E-state index >= 15 is 0 Å². The summed E-state index contributed by atoms with van der Waals surface area (Å²) in [5.41, 5.74) is 1.88. The first-order chi connectivity index (χ1) is 13.3. The second-order valence-electron chi connectivity index (χ2n) is 7.35. The lowest BCUT2D eigenvalue weighted by Gasteiger charge is -2.21. The Labute approximate surface area is 164 Å². The van der Waals surface area contributed by atoms with Crippen molar-refractivity contribution >= 4 is 28.7 Å². The number of nitrogens with one attached hydrogen (secondary N) is 3. The number of para-hydroxylation sites is 1. The average molecular weight is 387 g/mol. The Balaban J connectivity index is 2.15. The van der Waals surface area contributed by atoms with Crippen LogP contribution < -0.4 is 10.6 Å². The van der Waals surface area contributed by atoms with Crippen LogP contribution in [0.4, 0.5) is 0 Å². The minimum absolute atomic E-state index is 0.0456. The SMILES string of the molecule is CCCC(CNC(=O)C(Cc1c[nH]c2ccccc12)NC(=O)C(C)C)C(=O)O. The van der Waals surface area contributed by atoms with Gasteiger partial charge < -0.3 is 20.7 Å². The number of fused-ring (bicyclic) bond motifs is 1. The van der Waals surface area contributed by atoms with Crippen molar-refractivity contribution in [1.82, 2.24) is 15.6 Å². The molecule has 2 atom stereocenters. The Bertz CT molecular complexity index is 828. The van der Waals surface area contributed by atoms with Gasteiger partial charge in [-0.3, -0.25) is 14.4 Å². The maximum Gasteiger partial charge on any atom is 0.308 e. The summed E-state index contributed by atoms with van der Waals surface area (Å²) in [5.74, 6) is -2.42. The molecule has 2 amide bonds. The summed E-state index contributed by atoms with van der Waals surface area (Å²) >= 11 is 0. The van der Waals surface area contributed by atoms with Gasteiger partial charge in [0.1, 0.15) is 6.04 Å². The Morgan fingerprint density at radius 2 is 1.86 bits per heavy atom. The fourth-order valence-electron chi connectivity index (χ4n) is 3.08. The topological polar surface area (TPSA) is 111 Å². The van der Waals surface area contributed by atoms with Crippen LogP contribution in [0.1, 0.15) is 39.2 Å². The third kappa shape index (κ3) is 5.58. The summed E-state index contributed by atoms with van der Waals surface area (Å²) in [4.78, 5) is 39.5. The minimum Gasteiger partial charge on any atom is -0.481 e. The van der Waals surface area contributed by atoms with E-state index in [1.807, 2.05) is 37.4 Å². The van der Waals surface area contributed by atoms with Crippen molar-refractivity contribution in [3.63, 3.8) is 0 Å². The number of rotatable bonds is 10. The van der Waals surface area contributed by atoms with Gasteiger partial charge in [-0.25, -0.2) is 0 Å². The molecule has 2 unspecified atom stereocenters. The smallest absolute Gasteiger partial charge is 0.308 e. The van der Waals surface area contributed by atoms with Crippen LogP contribution in [0.5, 0.6) is 0 Å². The van der Waals surface area contributed by atoms with Crippen molar-refractivity contribution in [3.8, 4) is 0 Å². The predicted molar refractivity (Wildman–Crippen MR) is 108 cm³/mol. The van der Waals surface area contributed by atoms with Gasteiger partial charge in [-0.2, -0.15) is 0 Å². The molecule has 0 saturated carbocycles. The Morgan fingerprint density at radius 1 is 1.14 bits per heavy atom. The highest BCUT2D eigenvalue weighted by Crippen LogP contribution is 2.19. The summed E-state index contributed by atoms with van der Waals surface area (Å²) in [6, 6.07) is 6.98. The standard InChI is InChI=1S/C21H29N3O4/c1-4-7-14(21(27)28)11-23-20(26)18(24-19(25)13(2)3)10-15-12-22-17-9-6-5-8-16(15)17/h5-6,8-9,12-14,18,22H,4,7,10-11H2,1-3H3,(H,23,26)(H,24,25)(H,27,28). The summed E-state index contributed by atoms with van der Waals surface area (Å²) in [6.45, 7) is 5.47. The van der Waals surface area contributed by atoms with Crippen molar-refractivity contribution in [2.24, 2.45) is 11.8 Å². The molecular formula is C21H29N3O4. The fraction of sp³-hybridized carbons (Fsp3) is 0.476. The van der Waals surface area contributed by atoms with Gasteiger partial charge in [0.2, 0.25) is 11.8 Å². The van der Waals surface area contributed by atoms with Crippen molar-refractivity contribution in [1.29, 1.82) is 0 Å². The van der Waals surface area contributed by atoms with Crippen LogP contribution in [-0.4, -0.2) is 40.5 Å². The number of hydrogen-bond acceptors (Lipinski definition) is 3. The molecule has 0 aliphatic heterocycles. The lowest BCUT2D eigenvalue weighted by Crippen LogP contribution is -2.50.